The van der Waals surface area contributed by atoms with E-state index in [0.29, 0.717) is 19.9 Å². The van der Waals surface area contributed by atoms with E-state index in [0.717, 1.165) is 0 Å². The van der Waals surface area contributed by atoms with Crippen LogP contribution in [0.1, 0.15) is 33.0 Å². The van der Waals surface area contributed by atoms with Gasteiger partial charge in [0.1, 0.15) is 11.2 Å². The molecule has 0 unspecified atom stereocenters. The van der Waals surface area contributed by atoms with E-state index in [1.807, 2.05) is 0 Å². The summed E-state index contributed by atoms with van der Waals surface area (Å²) in [7, 11) is 0. The van der Waals surface area contributed by atoms with Crippen molar-refractivity contribution >= 4 is 51.6 Å². The fourth-order valence-electron chi connectivity index (χ4n) is 3.58. The van der Waals surface area contributed by atoms with Crippen LogP contribution in [0.4, 0.5) is 5.69 Å². The molecule has 10 nitrogen and oxygen atoms in total. The fourth-order valence-corrected chi connectivity index (χ4v) is 3.71. The van der Waals surface area contributed by atoms with Crippen LogP contribution < -0.4 is 15.2 Å². The van der Waals surface area contributed by atoms with Gasteiger partial charge in [-0.15, -0.1) is 0 Å². The molecule has 4 aromatic rings. The number of halogens is 1. The van der Waals surface area contributed by atoms with Gasteiger partial charge in [-0.1, -0.05) is 41.9 Å². The van der Waals surface area contributed by atoms with E-state index in [9.17, 15) is 24.5 Å². The highest BCUT2D eigenvalue weighted by Crippen LogP contribution is 2.16. The second-order valence-corrected chi connectivity index (χ2v) is 8.37. The quantitative estimate of drug-likeness (QED) is 0.166. The first-order valence-electron chi connectivity index (χ1n) is 11.0. The average molecular weight is 518 g/mol. The van der Waals surface area contributed by atoms with Crippen molar-refractivity contribution in [2.75, 3.05) is 5.32 Å². The van der Waals surface area contributed by atoms with E-state index in [4.69, 9.17) is 11.6 Å². The van der Waals surface area contributed by atoms with E-state index in [2.05, 4.69) is 15.8 Å². The lowest BCUT2D eigenvalue weighted by Gasteiger charge is -2.16. The van der Waals surface area contributed by atoms with Crippen LogP contribution in [-0.4, -0.2) is 28.0 Å². The van der Waals surface area contributed by atoms with Crippen molar-refractivity contribution in [2.45, 2.75) is 13.3 Å². The number of anilines is 1. The van der Waals surface area contributed by atoms with Crippen molar-refractivity contribution in [3.05, 3.63) is 111 Å². The third kappa shape index (κ3) is 5.54. The summed E-state index contributed by atoms with van der Waals surface area (Å²) in [6.45, 7) is 1.34. The number of carbonyl (C=O) groups excluding carboxylic acids is 3. The van der Waals surface area contributed by atoms with Gasteiger partial charge in [0.25, 0.3) is 17.3 Å². The molecule has 0 bridgehead atoms. The van der Waals surface area contributed by atoms with Gasteiger partial charge in [0.2, 0.25) is 5.78 Å². The standard InChI is InChI=1S/C26H20ClN5O5/c1-16-24(32(37)22-10-6-5-9-21(22)31(16)36)23(33)15-20(26(35)28-19-13-11-18(27)12-14-19)29-30-25(34)17-7-3-2-4-8-17/h2-14H,15H2,1H3,(H,28,35)(H,30,34)/b29-20+. The Bertz CT molecular complexity index is 1600. The first kappa shape index (κ1) is 25.3. The molecule has 1 aromatic heterocycles. The maximum atomic E-state index is 13.2. The molecule has 37 heavy (non-hydrogen) atoms. The van der Waals surface area contributed by atoms with Crippen molar-refractivity contribution in [1.29, 1.82) is 0 Å². The highest BCUT2D eigenvalue weighted by molar-refractivity contribution is 6.46. The second-order valence-electron chi connectivity index (χ2n) is 7.94. The number of nitrogens with one attached hydrogen (secondary N) is 2. The third-order valence-corrected chi connectivity index (χ3v) is 5.71. The van der Waals surface area contributed by atoms with E-state index in [1.165, 1.54) is 19.1 Å². The van der Waals surface area contributed by atoms with Gasteiger partial charge in [0.15, 0.2) is 0 Å². The van der Waals surface area contributed by atoms with Crippen LogP contribution in [0.25, 0.3) is 11.0 Å². The van der Waals surface area contributed by atoms with Crippen molar-refractivity contribution in [3.8, 4) is 0 Å². The summed E-state index contributed by atoms with van der Waals surface area (Å²) in [6, 6.07) is 20.4. The molecule has 2 N–H and O–H groups in total. The predicted molar refractivity (Wildman–Crippen MR) is 139 cm³/mol. The van der Waals surface area contributed by atoms with Crippen molar-refractivity contribution in [3.63, 3.8) is 0 Å². The summed E-state index contributed by atoms with van der Waals surface area (Å²) in [5.74, 6) is -2.24. The summed E-state index contributed by atoms with van der Waals surface area (Å²) >= 11 is 5.89. The van der Waals surface area contributed by atoms with Crippen LogP contribution in [0.5, 0.6) is 0 Å². The van der Waals surface area contributed by atoms with E-state index < -0.39 is 29.7 Å². The maximum absolute atomic E-state index is 13.2. The highest BCUT2D eigenvalue weighted by atomic mass is 35.5. The van der Waals surface area contributed by atoms with Crippen LogP contribution in [-0.2, 0) is 4.79 Å². The zero-order chi connectivity index (χ0) is 26.5. The van der Waals surface area contributed by atoms with Crippen LogP contribution in [0.3, 0.4) is 0 Å². The van der Waals surface area contributed by atoms with Gasteiger partial charge in [0, 0.05) is 27.2 Å². The van der Waals surface area contributed by atoms with Crippen molar-refractivity contribution in [2.24, 2.45) is 5.10 Å². The predicted octanol–water partition coefficient (Wildman–Crippen LogP) is 3.86. The largest absolute Gasteiger partial charge is 0.805 e. The van der Waals surface area contributed by atoms with Crippen LogP contribution in [0.2, 0.25) is 5.02 Å². The lowest BCUT2D eigenvalue weighted by atomic mass is 10.1. The Hall–Kier alpha value is -4.83. The summed E-state index contributed by atoms with van der Waals surface area (Å²) in [5, 5.41) is 19.6. The number of fused-ring (bicyclic) bond motifs is 1. The first-order chi connectivity index (χ1) is 17.8. The van der Waals surface area contributed by atoms with Gasteiger partial charge in [-0.2, -0.15) is 5.10 Å². The minimum absolute atomic E-state index is 0.00654. The highest BCUT2D eigenvalue weighted by Gasteiger charge is 2.29. The van der Waals surface area contributed by atoms with E-state index >= 15 is 0 Å². The molecule has 11 heteroatoms. The number of carbonyl (C=O) groups is 3. The van der Waals surface area contributed by atoms with Gasteiger partial charge in [-0.3, -0.25) is 14.4 Å². The molecule has 0 aliphatic heterocycles. The normalized spacial score (nSPS) is 11.2. The number of aromatic nitrogens is 2. The third-order valence-electron chi connectivity index (χ3n) is 5.45. The Morgan fingerprint density at radius 1 is 0.973 bits per heavy atom. The summed E-state index contributed by atoms with van der Waals surface area (Å²) in [4.78, 5) is 51.7. The van der Waals surface area contributed by atoms with Crippen LogP contribution in [0.15, 0.2) is 84.0 Å². The Balaban J connectivity index is 1.68. The van der Waals surface area contributed by atoms with Crippen molar-refractivity contribution in [1.82, 2.24) is 10.2 Å². The summed E-state index contributed by atoms with van der Waals surface area (Å²) in [5.41, 5.74) is 2.05. The minimum Gasteiger partial charge on any atom is -0.805 e. The Morgan fingerprint density at radius 2 is 1.62 bits per heavy atom. The SMILES string of the molecule is Cc1c(C(=O)C/C(=N\NC(=O)c2ccccc2)C(=O)Nc2ccc(Cl)cc2)[n+](=O)c2ccccc2n1[O-]. The first-order valence-corrected chi connectivity index (χ1v) is 11.4. The Kier molecular flexibility index (Phi) is 7.40. The van der Waals surface area contributed by atoms with E-state index in [1.54, 1.807) is 66.7 Å². The smallest absolute Gasteiger partial charge is 0.325 e. The van der Waals surface area contributed by atoms with Crippen LogP contribution >= 0.6 is 11.6 Å². The number of rotatable bonds is 7. The number of benzene rings is 3. The number of ketones is 1. The molecular weight excluding hydrogens is 498 g/mol. The van der Waals surface area contributed by atoms with Crippen molar-refractivity contribution < 1.29 is 18.8 Å². The molecule has 3 aromatic carbocycles. The zero-order valence-electron chi connectivity index (χ0n) is 19.5. The number of Topliss-reactive ketones (excluding diaryl/α,β-unsaturated/α-hetero) is 1. The van der Waals surface area contributed by atoms with Crippen LogP contribution in [0, 0.1) is 17.0 Å². The molecule has 0 spiro atoms. The number of para-hydroxylation sites is 2. The number of nitrogens with zero attached hydrogens (tertiary/aromatic N) is 3. The van der Waals surface area contributed by atoms with Gasteiger partial charge in [0.05, 0.1) is 16.5 Å². The lowest BCUT2D eigenvalue weighted by Crippen LogP contribution is -2.34. The van der Waals surface area contributed by atoms with E-state index in [-0.39, 0.29) is 28.0 Å². The molecule has 0 atom stereocenters. The molecule has 0 saturated heterocycles. The van der Waals surface area contributed by atoms with Gasteiger partial charge in [-0.25, -0.2) is 5.43 Å². The molecule has 0 radical (unpaired) electrons. The monoisotopic (exact) mass is 517 g/mol. The molecule has 186 valence electrons. The number of amides is 2. The average Bonchev–Trinajstić information content (AvgIpc) is 2.91. The number of hydrogen-bond donors (Lipinski definition) is 2. The Morgan fingerprint density at radius 3 is 2.32 bits per heavy atom. The zero-order valence-corrected chi connectivity index (χ0v) is 20.2. The summed E-state index contributed by atoms with van der Waals surface area (Å²) < 4.78 is 0.845. The fraction of sp³-hybridized carbons (Fsp3) is 0.0769. The molecule has 0 saturated carbocycles. The molecule has 0 aliphatic carbocycles. The number of hydrazone groups is 1. The topological polar surface area (TPSA) is 139 Å². The molecule has 4 rings (SSSR count). The van der Waals surface area contributed by atoms with Gasteiger partial charge in [-0.05, 0) is 49.4 Å². The maximum Gasteiger partial charge on any atom is 0.325 e. The molecule has 0 fully saturated rings. The minimum atomic E-state index is -0.832. The Labute approximate surface area is 215 Å². The molecule has 2 amide bonds. The summed E-state index contributed by atoms with van der Waals surface area (Å²) in [6.07, 6.45) is -0.671. The molecular formula is C26H20ClN5O5. The number of hydrogen-bond acceptors (Lipinski definition) is 6. The molecule has 0 aliphatic rings. The molecule has 1 heterocycles. The second kappa shape index (κ2) is 10.8. The lowest BCUT2D eigenvalue weighted by molar-refractivity contribution is -0.468. The van der Waals surface area contributed by atoms with Gasteiger partial charge >= 0.3 is 5.69 Å². The van der Waals surface area contributed by atoms with Gasteiger partial charge < -0.3 is 15.3 Å².